The van der Waals surface area contributed by atoms with Crippen molar-refractivity contribution in [1.29, 1.82) is 0 Å². The molecule has 0 aliphatic carbocycles. The van der Waals surface area contributed by atoms with Gasteiger partial charge < -0.3 is 19.7 Å². The van der Waals surface area contributed by atoms with E-state index < -0.39 is 6.04 Å². The molecule has 2 rings (SSSR count). The lowest BCUT2D eigenvalue weighted by atomic mass is 10.2. The first-order valence-corrected chi connectivity index (χ1v) is 6.96. The lowest BCUT2D eigenvalue weighted by Crippen LogP contribution is -2.56. The Balaban J connectivity index is 1.79. The molecule has 1 unspecified atom stereocenters. The minimum Gasteiger partial charge on any atom is -0.497 e. The first-order chi connectivity index (χ1) is 10.1. The monoisotopic (exact) mass is 292 g/mol. The highest BCUT2D eigenvalue weighted by Crippen LogP contribution is 2.17. The van der Waals surface area contributed by atoms with Gasteiger partial charge in [-0.3, -0.25) is 9.59 Å². The lowest BCUT2D eigenvalue weighted by molar-refractivity contribution is -0.142. The number of hydrogen-bond donors (Lipinski definition) is 1. The number of methoxy groups -OCH3 is 1. The molecule has 0 bridgehead atoms. The third kappa shape index (κ3) is 3.87. The summed E-state index contributed by atoms with van der Waals surface area (Å²) in [5, 5.41) is 2.73. The molecule has 21 heavy (non-hydrogen) atoms. The number of amides is 2. The topological polar surface area (TPSA) is 67.9 Å². The predicted molar refractivity (Wildman–Crippen MR) is 77.3 cm³/mol. The van der Waals surface area contributed by atoms with Crippen molar-refractivity contribution >= 4 is 11.8 Å². The fraction of sp³-hybridized carbons (Fsp3) is 0.467. The Hall–Kier alpha value is -2.24. The zero-order valence-electron chi connectivity index (χ0n) is 12.3. The maximum Gasteiger partial charge on any atom is 0.242 e. The Morgan fingerprint density at radius 1 is 1.33 bits per heavy atom. The fourth-order valence-electron chi connectivity index (χ4n) is 2.19. The molecule has 1 N–H and O–H groups in total. The van der Waals surface area contributed by atoms with E-state index >= 15 is 0 Å². The molecular weight excluding hydrogens is 272 g/mol. The van der Waals surface area contributed by atoms with Crippen LogP contribution in [-0.2, 0) is 9.59 Å². The van der Waals surface area contributed by atoms with Crippen LogP contribution in [0, 0.1) is 0 Å². The number of rotatable bonds is 5. The van der Waals surface area contributed by atoms with Gasteiger partial charge in [-0.1, -0.05) is 0 Å². The van der Waals surface area contributed by atoms with Crippen LogP contribution in [0.15, 0.2) is 24.3 Å². The highest BCUT2D eigenvalue weighted by Gasteiger charge is 2.28. The molecule has 1 fully saturated rings. The third-order valence-electron chi connectivity index (χ3n) is 3.46. The van der Waals surface area contributed by atoms with Gasteiger partial charge in [0.2, 0.25) is 11.8 Å². The van der Waals surface area contributed by atoms with Crippen molar-refractivity contribution in [2.24, 2.45) is 0 Å². The van der Waals surface area contributed by atoms with Crippen LogP contribution in [0.2, 0.25) is 0 Å². The predicted octanol–water partition coefficient (Wildman–Crippen LogP) is 0.811. The average Bonchev–Trinajstić information content (AvgIpc) is 2.50. The number of nitrogens with zero attached hydrogens (tertiary/aromatic N) is 1. The van der Waals surface area contributed by atoms with Gasteiger partial charge in [0.1, 0.15) is 17.5 Å². The molecule has 6 heteroatoms. The summed E-state index contributed by atoms with van der Waals surface area (Å²) in [4.78, 5) is 25.2. The standard InChI is InChI=1S/C15H20N2O4/c1-11-15(19)16-8-9-17(11)14(18)7-10-21-13-5-3-12(20-2)4-6-13/h3-6,11H,7-10H2,1-2H3,(H,16,19). The van der Waals surface area contributed by atoms with E-state index in [9.17, 15) is 9.59 Å². The molecule has 0 saturated carbocycles. The van der Waals surface area contributed by atoms with Gasteiger partial charge in [0.25, 0.3) is 0 Å². The van der Waals surface area contributed by atoms with Crippen LogP contribution in [0.4, 0.5) is 0 Å². The second-order valence-electron chi connectivity index (χ2n) is 4.83. The zero-order chi connectivity index (χ0) is 15.2. The Labute approximate surface area is 124 Å². The van der Waals surface area contributed by atoms with Gasteiger partial charge >= 0.3 is 0 Å². The van der Waals surface area contributed by atoms with Gasteiger partial charge in [-0.05, 0) is 31.2 Å². The van der Waals surface area contributed by atoms with Crippen molar-refractivity contribution in [2.45, 2.75) is 19.4 Å². The fourth-order valence-corrected chi connectivity index (χ4v) is 2.19. The number of hydrogen-bond acceptors (Lipinski definition) is 4. The second-order valence-corrected chi connectivity index (χ2v) is 4.83. The molecule has 114 valence electrons. The quantitative estimate of drug-likeness (QED) is 0.872. The van der Waals surface area contributed by atoms with Gasteiger partial charge in [-0.25, -0.2) is 0 Å². The molecule has 0 spiro atoms. The van der Waals surface area contributed by atoms with Crippen molar-refractivity contribution in [3.63, 3.8) is 0 Å². The van der Waals surface area contributed by atoms with E-state index in [4.69, 9.17) is 9.47 Å². The number of piperazine rings is 1. The van der Waals surface area contributed by atoms with E-state index in [1.54, 1.807) is 43.2 Å². The van der Waals surface area contributed by atoms with Crippen molar-refractivity contribution in [1.82, 2.24) is 10.2 Å². The van der Waals surface area contributed by atoms with Gasteiger partial charge in [-0.15, -0.1) is 0 Å². The van der Waals surface area contributed by atoms with E-state index in [0.29, 0.717) is 18.8 Å². The Kier molecular flexibility index (Phi) is 5.03. The van der Waals surface area contributed by atoms with Crippen LogP contribution in [-0.4, -0.2) is 49.6 Å². The van der Waals surface area contributed by atoms with E-state index in [2.05, 4.69) is 5.32 Å². The molecule has 1 aromatic rings. The smallest absolute Gasteiger partial charge is 0.242 e. The molecule has 1 atom stereocenters. The zero-order valence-corrected chi connectivity index (χ0v) is 12.3. The van der Waals surface area contributed by atoms with Crippen LogP contribution < -0.4 is 14.8 Å². The van der Waals surface area contributed by atoms with E-state index in [0.717, 1.165) is 5.75 Å². The number of benzene rings is 1. The first-order valence-electron chi connectivity index (χ1n) is 6.96. The number of ether oxygens (including phenoxy) is 2. The SMILES string of the molecule is COc1ccc(OCCC(=O)N2CCNC(=O)C2C)cc1. The minimum absolute atomic E-state index is 0.0640. The van der Waals surface area contributed by atoms with Crippen LogP contribution in [0.25, 0.3) is 0 Å². The van der Waals surface area contributed by atoms with Crippen LogP contribution in [0.3, 0.4) is 0 Å². The molecule has 0 radical (unpaired) electrons. The molecule has 1 saturated heterocycles. The van der Waals surface area contributed by atoms with Gasteiger partial charge in [0, 0.05) is 13.1 Å². The highest BCUT2D eigenvalue weighted by molar-refractivity contribution is 5.88. The van der Waals surface area contributed by atoms with E-state index in [1.165, 1.54) is 0 Å². The average molecular weight is 292 g/mol. The molecule has 1 aliphatic heterocycles. The summed E-state index contributed by atoms with van der Waals surface area (Å²) in [7, 11) is 1.60. The summed E-state index contributed by atoms with van der Waals surface area (Å²) in [5.41, 5.74) is 0. The minimum atomic E-state index is -0.410. The normalized spacial score (nSPS) is 18.1. The molecule has 1 heterocycles. The lowest BCUT2D eigenvalue weighted by Gasteiger charge is -2.32. The summed E-state index contributed by atoms with van der Waals surface area (Å²) in [6, 6.07) is 6.77. The Morgan fingerprint density at radius 2 is 2.00 bits per heavy atom. The van der Waals surface area contributed by atoms with Crippen molar-refractivity contribution in [2.75, 3.05) is 26.8 Å². The third-order valence-corrected chi connectivity index (χ3v) is 3.46. The summed E-state index contributed by atoms with van der Waals surface area (Å²) < 4.78 is 10.6. The van der Waals surface area contributed by atoms with Crippen molar-refractivity contribution in [3.05, 3.63) is 24.3 Å². The number of nitrogens with one attached hydrogen (secondary N) is 1. The maximum absolute atomic E-state index is 12.1. The van der Waals surface area contributed by atoms with Crippen LogP contribution in [0.1, 0.15) is 13.3 Å². The van der Waals surface area contributed by atoms with Gasteiger partial charge in [-0.2, -0.15) is 0 Å². The first kappa shape index (κ1) is 15.2. The summed E-state index contributed by atoms with van der Waals surface area (Å²) in [6.07, 6.45) is 0.254. The van der Waals surface area contributed by atoms with Crippen molar-refractivity contribution < 1.29 is 19.1 Å². The van der Waals surface area contributed by atoms with E-state index in [-0.39, 0.29) is 24.8 Å². The second kappa shape index (κ2) is 6.97. The van der Waals surface area contributed by atoms with E-state index in [1.807, 2.05) is 0 Å². The number of carbonyl (C=O) groups is 2. The summed E-state index contributed by atoms with van der Waals surface area (Å²) >= 11 is 0. The maximum atomic E-state index is 12.1. The van der Waals surface area contributed by atoms with Crippen LogP contribution >= 0.6 is 0 Å². The molecule has 0 aromatic heterocycles. The number of carbonyl (C=O) groups excluding carboxylic acids is 2. The highest BCUT2D eigenvalue weighted by atomic mass is 16.5. The van der Waals surface area contributed by atoms with Crippen LogP contribution in [0.5, 0.6) is 11.5 Å². The molecular formula is C15H20N2O4. The van der Waals surface area contributed by atoms with Crippen molar-refractivity contribution in [3.8, 4) is 11.5 Å². The van der Waals surface area contributed by atoms with Gasteiger partial charge in [0.05, 0.1) is 20.1 Å². The van der Waals surface area contributed by atoms with Gasteiger partial charge in [0.15, 0.2) is 0 Å². The molecule has 1 aliphatic rings. The molecule has 6 nitrogen and oxygen atoms in total. The summed E-state index contributed by atoms with van der Waals surface area (Å²) in [5.74, 6) is 1.27. The Morgan fingerprint density at radius 3 is 2.67 bits per heavy atom. The molecule has 2 amide bonds. The molecule has 1 aromatic carbocycles. The summed E-state index contributed by atoms with van der Waals surface area (Å²) in [6.45, 7) is 3.08. The largest absolute Gasteiger partial charge is 0.497 e. The Bertz CT molecular complexity index is 501.